The van der Waals surface area contributed by atoms with Gasteiger partial charge in [0.05, 0.1) is 7.11 Å². The number of fused-ring (bicyclic) bond motifs is 2. The van der Waals surface area contributed by atoms with Crippen molar-refractivity contribution < 1.29 is 55.0 Å². The van der Waals surface area contributed by atoms with Crippen LogP contribution in [-0.2, 0) is 38.6 Å². The van der Waals surface area contributed by atoms with Gasteiger partial charge in [0.15, 0.2) is 15.5 Å². The van der Waals surface area contributed by atoms with Crippen molar-refractivity contribution in [2.24, 2.45) is 17.8 Å². The summed E-state index contributed by atoms with van der Waals surface area (Å²) in [7, 11) is -1.85. The van der Waals surface area contributed by atoms with Crippen LogP contribution in [0.25, 0.3) is 17.3 Å². The monoisotopic (exact) mass is 1140 g/mol. The topological polar surface area (TPSA) is 226 Å². The zero-order chi connectivity index (χ0) is 59.2. The second-order valence-electron chi connectivity index (χ2n) is 22.7. The predicted octanol–water partition coefficient (Wildman–Crippen LogP) is 8.51. The summed E-state index contributed by atoms with van der Waals surface area (Å²) in [5.41, 5.74) is 3.89. The number of methoxy groups -OCH3 is 1. The number of nitrogens with zero attached hydrogens (tertiary/aromatic N) is 2. The normalized spacial score (nSPS) is 15.1. The highest BCUT2D eigenvalue weighted by Gasteiger charge is 2.54. The number of amides is 6. The van der Waals surface area contributed by atoms with Gasteiger partial charge in [0.2, 0.25) is 35.4 Å². The van der Waals surface area contributed by atoms with E-state index in [0.717, 1.165) is 51.0 Å². The molecule has 0 saturated heterocycles. The van der Waals surface area contributed by atoms with Crippen molar-refractivity contribution in [3.05, 3.63) is 70.4 Å². The van der Waals surface area contributed by atoms with E-state index in [0.29, 0.717) is 131 Å². The molecule has 80 heavy (non-hydrogen) atoms. The minimum Gasteiger partial charge on any atom is -0.497 e. The van der Waals surface area contributed by atoms with Crippen LogP contribution in [0.15, 0.2) is 64.7 Å². The molecule has 2 aliphatic rings. The first-order valence-electron chi connectivity index (χ1n) is 28.8. The Balaban J connectivity index is 1.03. The first-order chi connectivity index (χ1) is 37.8. The number of carbonyl (C=O) groups excluding carboxylic acids is 6. The molecule has 1 aromatic carbocycles. The summed E-state index contributed by atoms with van der Waals surface area (Å²) in [6.07, 6.45) is 13.3. The molecule has 0 bridgehead atoms. The number of aromatic nitrogens is 1. The summed E-state index contributed by atoms with van der Waals surface area (Å²) in [4.78, 5) is 77.7. The van der Waals surface area contributed by atoms with E-state index in [1.165, 1.54) is 6.08 Å². The first-order valence-corrected chi connectivity index (χ1v) is 30.8. The van der Waals surface area contributed by atoms with Crippen molar-refractivity contribution in [2.45, 2.75) is 183 Å². The lowest BCUT2D eigenvalue weighted by Crippen LogP contribution is -2.55. The van der Waals surface area contributed by atoms with E-state index < -0.39 is 46.7 Å². The van der Waals surface area contributed by atoms with Crippen molar-refractivity contribution in [3.63, 3.8) is 0 Å². The Bertz CT molecular complexity index is 2680. The standard InChI is InChI=1S/C59H91BF2N8O9S/c1-40(2)36-46(31-35-80(10,77)78)66-58(75)51(38-42(5)6)68-59(76)50(37-41(3)4)67-57(74)22-16-13-19-33-64-55(72)20-14-11-17-32-63-54(71)21-15-12-18-34-65-56(73)30-28-49-43(7)53-39-47-25-29-52(45-23-26-48(79-9)27-24-45)70(47)60(61,62)69(53)44(49)8/h23-27,29,31,35,39-42,46,50-51H,11-22,28,30,32-34,36-38H2,1-10H3,(H,63,71)(H,64,72)(H,65,73)(H,66,75)(H,67,74)(H,68,76)/b35-31+/t46-,50+,51+/m1/s1. The van der Waals surface area contributed by atoms with Crippen molar-refractivity contribution in [2.75, 3.05) is 33.0 Å². The van der Waals surface area contributed by atoms with E-state index in [4.69, 9.17) is 4.74 Å². The number of unbranched alkanes of at least 4 members (excludes halogenated alkanes) is 6. The molecule has 0 aliphatic carbocycles. The maximum absolute atomic E-state index is 16.4. The highest BCUT2D eigenvalue weighted by Crippen LogP contribution is 2.41. The van der Waals surface area contributed by atoms with Crippen LogP contribution in [0, 0.1) is 17.8 Å². The third kappa shape index (κ3) is 21.7. The number of allylic oxidation sites excluding steroid dienone is 2. The molecule has 2 aromatic rings. The summed E-state index contributed by atoms with van der Waals surface area (Å²) in [6.45, 7) is 12.5. The van der Waals surface area contributed by atoms with Crippen molar-refractivity contribution >= 4 is 64.0 Å². The lowest BCUT2D eigenvalue weighted by molar-refractivity contribution is -0.362. The summed E-state index contributed by atoms with van der Waals surface area (Å²) in [5, 5.41) is 18.5. The van der Waals surface area contributed by atoms with Gasteiger partial charge in [-0.2, -0.15) is 0 Å². The van der Waals surface area contributed by atoms with Gasteiger partial charge in [-0.1, -0.05) is 66.9 Å². The smallest absolute Gasteiger partial charge is 0.497 e. The van der Waals surface area contributed by atoms with Gasteiger partial charge in [0, 0.05) is 98.6 Å². The molecule has 2 aliphatic heterocycles. The largest absolute Gasteiger partial charge is 0.737 e. The van der Waals surface area contributed by atoms with Gasteiger partial charge in [-0.05, 0) is 131 Å². The molecule has 3 atom stereocenters. The van der Waals surface area contributed by atoms with Crippen molar-refractivity contribution in [3.8, 4) is 17.0 Å². The van der Waals surface area contributed by atoms with Crippen molar-refractivity contribution in [1.82, 2.24) is 36.4 Å². The highest BCUT2D eigenvalue weighted by atomic mass is 32.2. The maximum atomic E-state index is 16.4. The van der Waals surface area contributed by atoms with Crippen LogP contribution in [-0.4, -0.2) is 117 Å². The van der Waals surface area contributed by atoms with E-state index in [1.54, 1.807) is 56.5 Å². The van der Waals surface area contributed by atoms with Crippen LogP contribution in [0.3, 0.4) is 0 Å². The van der Waals surface area contributed by atoms with Crippen LogP contribution in [0.4, 0.5) is 8.63 Å². The third-order valence-electron chi connectivity index (χ3n) is 14.3. The Hall–Kier alpha value is -6.12. The summed E-state index contributed by atoms with van der Waals surface area (Å²) >= 11 is 0. The van der Waals surface area contributed by atoms with E-state index in [2.05, 4.69) is 31.9 Å². The number of nitrogens with one attached hydrogen (secondary N) is 6. The molecule has 6 amide bonds. The van der Waals surface area contributed by atoms with Gasteiger partial charge in [-0.3, -0.25) is 28.8 Å². The first kappa shape index (κ1) is 66.4. The SMILES string of the molecule is COc1ccc(-c2ccc3n2[B-](F)(F)[N+]2=C(C)C(CCC(=O)NCCCCCC(=O)NCCCCCC(=O)NCCCCCC(=O)N[C@@H](CC(C)C)C(=O)N[C@@H](CC(C)C)C(=O)N[C@H](/C=C/S(C)(=O)=O)CC(C)C)=C(C)C2=C3)cc1. The summed E-state index contributed by atoms with van der Waals surface area (Å²) in [5.74, 6) is -0.449. The molecule has 1 aromatic heterocycles. The fourth-order valence-corrected chi connectivity index (χ4v) is 10.6. The molecule has 21 heteroatoms. The minimum atomic E-state index is -4.21. The molecule has 17 nitrogen and oxygen atoms in total. The number of ether oxygens (including phenoxy) is 1. The molecule has 0 fully saturated rings. The molecule has 0 unspecified atom stereocenters. The van der Waals surface area contributed by atoms with Crippen LogP contribution >= 0.6 is 0 Å². The number of rotatable bonds is 36. The van der Waals surface area contributed by atoms with Gasteiger partial charge < -0.3 is 54.2 Å². The van der Waals surface area contributed by atoms with Gasteiger partial charge in [-0.25, -0.2) is 8.42 Å². The van der Waals surface area contributed by atoms with Crippen LogP contribution in [0.2, 0.25) is 0 Å². The average Bonchev–Trinajstić information content (AvgIpc) is 3.96. The Morgan fingerprint density at radius 2 is 1.12 bits per heavy atom. The third-order valence-corrected chi connectivity index (χ3v) is 14.9. The number of hydrogen-bond acceptors (Lipinski definition) is 9. The second-order valence-corrected chi connectivity index (χ2v) is 24.7. The summed E-state index contributed by atoms with van der Waals surface area (Å²) in [6, 6.07) is 8.19. The van der Waals surface area contributed by atoms with Crippen LogP contribution < -0.4 is 36.6 Å². The molecular formula is C59H91BF2N8O9S. The van der Waals surface area contributed by atoms with Crippen LogP contribution in [0.5, 0.6) is 5.75 Å². The summed E-state index contributed by atoms with van der Waals surface area (Å²) < 4.78 is 63.9. The fraction of sp³-hybridized carbons (Fsp3) is 0.610. The Kier molecular flexibility index (Phi) is 26.9. The maximum Gasteiger partial charge on any atom is 0.737 e. The number of sulfone groups is 1. The molecule has 0 spiro atoms. The zero-order valence-electron chi connectivity index (χ0n) is 49.1. The second kappa shape index (κ2) is 32.4. The van der Waals surface area contributed by atoms with E-state index >= 15 is 8.63 Å². The lowest BCUT2D eigenvalue weighted by Gasteiger charge is -2.31. The van der Waals surface area contributed by atoms with Gasteiger partial charge in [-0.15, -0.1) is 0 Å². The zero-order valence-corrected chi connectivity index (χ0v) is 49.9. The average molecular weight is 1140 g/mol. The van der Waals surface area contributed by atoms with E-state index in [9.17, 15) is 37.2 Å². The quantitative estimate of drug-likeness (QED) is 0.0284. The Morgan fingerprint density at radius 1 is 0.637 bits per heavy atom. The highest BCUT2D eigenvalue weighted by molar-refractivity contribution is 7.93. The molecule has 0 saturated carbocycles. The number of benzene rings is 1. The Labute approximate surface area is 474 Å². The van der Waals surface area contributed by atoms with Gasteiger partial charge in [0.25, 0.3) is 0 Å². The van der Waals surface area contributed by atoms with E-state index in [1.807, 2.05) is 48.5 Å². The molecule has 6 N–H and O–H groups in total. The number of halogens is 2. The molecular weight excluding hydrogens is 1050 g/mol. The molecule has 3 heterocycles. The minimum absolute atomic E-state index is 0.0389. The van der Waals surface area contributed by atoms with E-state index in [-0.39, 0.29) is 54.2 Å². The lowest BCUT2D eigenvalue weighted by atomic mass is 9.89. The number of carbonyl (C=O) groups is 6. The van der Waals surface area contributed by atoms with Gasteiger partial charge in [0.1, 0.15) is 23.5 Å². The Morgan fingerprint density at radius 3 is 1.62 bits per heavy atom. The van der Waals surface area contributed by atoms with Crippen LogP contribution in [0.1, 0.15) is 170 Å². The number of hydrogen-bond donors (Lipinski definition) is 6. The predicted molar refractivity (Wildman–Crippen MR) is 313 cm³/mol. The fourth-order valence-electron chi connectivity index (χ4n) is 10.2. The van der Waals surface area contributed by atoms with Crippen molar-refractivity contribution in [1.29, 1.82) is 0 Å². The molecule has 0 radical (unpaired) electrons. The molecule has 444 valence electrons. The molecule has 4 rings (SSSR count). The van der Waals surface area contributed by atoms with Gasteiger partial charge >= 0.3 is 6.97 Å².